The lowest BCUT2D eigenvalue weighted by Crippen LogP contribution is -2.26. The molecule has 1 atom stereocenters. The molecule has 0 spiro atoms. The first-order valence-electron chi connectivity index (χ1n) is 7.60. The van der Waals surface area contributed by atoms with Crippen LogP contribution < -0.4 is 0 Å². The summed E-state index contributed by atoms with van der Waals surface area (Å²) in [7, 11) is 0. The van der Waals surface area contributed by atoms with Crippen LogP contribution in [0.15, 0.2) is 48.8 Å². The number of rotatable bonds is 6. The molecule has 0 radical (unpaired) electrons. The van der Waals surface area contributed by atoms with Crippen molar-refractivity contribution in [1.29, 1.82) is 0 Å². The normalized spacial score (nSPS) is 12.1. The molecule has 0 bridgehead atoms. The van der Waals surface area contributed by atoms with Crippen LogP contribution in [0.4, 0.5) is 0 Å². The molecule has 0 aliphatic rings. The molecule has 24 heavy (non-hydrogen) atoms. The van der Waals surface area contributed by atoms with Crippen molar-refractivity contribution in [2.75, 3.05) is 0 Å². The second-order valence-electron chi connectivity index (χ2n) is 5.27. The number of carbonyl (C=O) groups is 2. The molecule has 1 unspecified atom stereocenters. The van der Waals surface area contributed by atoms with Crippen molar-refractivity contribution in [3.8, 4) is 0 Å². The Labute approximate surface area is 146 Å². The Morgan fingerprint density at radius 3 is 2.58 bits per heavy atom. The zero-order chi connectivity index (χ0) is 17.5. The Hall–Kier alpha value is -2.46. The molecule has 0 amide bonds. The van der Waals surface area contributed by atoms with E-state index in [4.69, 9.17) is 16.3 Å². The van der Waals surface area contributed by atoms with E-state index in [-0.39, 0.29) is 5.78 Å². The number of aromatic nitrogens is 1. The van der Waals surface area contributed by atoms with Gasteiger partial charge in [-0.3, -0.25) is 9.78 Å². The number of benzene rings is 1. The third-order valence-corrected chi connectivity index (χ3v) is 3.78. The van der Waals surface area contributed by atoms with Crippen molar-refractivity contribution in [3.05, 3.63) is 70.5 Å². The summed E-state index contributed by atoms with van der Waals surface area (Å²) in [6.45, 7) is 3.71. The molecule has 1 aromatic heterocycles. The number of ketones is 1. The molecule has 1 aromatic carbocycles. The first-order chi connectivity index (χ1) is 11.5. The molecule has 5 heteroatoms. The molecule has 0 aliphatic carbocycles. The lowest BCUT2D eigenvalue weighted by Gasteiger charge is -2.14. The van der Waals surface area contributed by atoms with Gasteiger partial charge >= 0.3 is 5.97 Å². The third-order valence-electron chi connectivity index (χ3n) is 3.53. The summed E-state index contributed by atoms with van der Waals surface area (Å²) >= 11 is 5.82. The van der Waals surface area contributed by atoms with Gasteiger partial charge in [0.05, 0.1) is 0 Å². The quantitative estimate of drug-likeness (QED) is 0.446. The van der Waals surface area contributed by atoms with Gasteiger partial charge in [-0.25, -0.2) is 4.79 Å². The van der Waals surface area contributed by atoms with Crippen LogP contribution in [0.25, 0.3) is 6.08 Å². The molecule has 0 aliphatic heterocycles. The van der Waals surface area contributed by atoms with E-state index in [1.54, 1.807) is 49.7 Å². The van der Waals surface area contributed by atoms with Crippen LogP contribution in [-0.4, -0.2) is 22.8 Å². The van der Waals surface area contributed by atoms with E-state index in [0.717, 1.165) is 11.1 Å². The van der Waals surface area contributed by atoms with Crippen molar-refractivity contribution in [3.63, 3.8) is 0 Å². The Morgan fingerprint density at radius 1 is 1.25 bits per heavy atom. The first kappa shape index (κ1) is 17.9. The molecule has 124 valence electrons. The van der Waals surface area contributed by atoms with Gasteiger partial charge in [0.1, 0.15) is 0 Å². The van der Waals surface area contributed by atoms with E-state index in [0.29, 0.717) is 17.0 Å². The summed E-state index contributed by atoms with van der Waals surface area (Å²) in [6.07, 6.45) is 5.86. The molecular formula is C19H18ClNO3. The molecule has 1 heterocycles. The van der Waals surface area contributed by atoms with Gasteiger partial charge in [-0.05, 0) is 60.9 Å². The molecule has 2 aromatic rings. The van der Waals surface area contributed by atoms with Crippen molar-refractivity contribution < 1.29 is 14.3 Å². The number of pyridine rings is 1. The maximum absolute atomic E-state index is 12.4. The number of hydrogen-bond donors (Lipinski definition) is 0. The van der Waals surface area contributed by atoms with Gasteiger partial charge < -0.3 is 4.74 Å². The van der Waals surface area contributed by atoms with Gasteiger partial charge in [-0.2, -0.15) is 0 Å². The standard InChI is InChI=1S/C19H18ClNO3/c1-3-17(19(23)14-4-7-16(20)8-5-14)24-18(22)9-6-15-12-21-11-10-13(15)2/h4-12,17H,3H2,1-2H3/b9-6+. The highest BCUT2D eigenvalue weighted by atomic mass is 35.5. The van der Waals surface area contributed by atoms with Crippen LogP contribution in [0, 0.1) is 6.92 Å². The van der Waals surface area contributed by atoms with Crippen LogP contribution in [0.3, 0.4) is 0 Å². The molecule has 0 N–H and O–H groups in total. The number of hydrogen-bond acceptors (Lipinski definition) is 4. The van der Waals surface area contributed by atoms with E-state index in [2.05, 4.69) is 4.98 Å². The Kier molecular flexibility index (Phi) is 6.27. The maximum Gasteiger partial charge on any atom is 0.331 e. The SMILES string of the molecule is CCC(OC(=O)/C=C/c1cnccc1C)C(=O)c1ccc(Cl)cc1. The highest BCUT2D eigenvalue weighted by Gasteiger charge is 2.21. The fraction of sp³-hybridized carbons (Fsp3) is 0.211. The number of ether oxygens (including phenoxy) is 1. The second kappa shape index (κ2) is 8.41. The number of nitrogens with zero attached hydrogens (tertiary/aromatic N) is 1. The van der Waals surface area contributed by atoms with Gasteiger partial charge in [-0.1, -0.05) is 18.5 Å². The van der Waals surface area contributed by atoms with Crippen LogP contribution in [-0.2, 0) is 9.53 Å². The second-order valence-corrected chi connectivity index (χ2v) is 5.71. The number of carbonyl (C=O) groups excluding carboxylic acids is 2. The van der Waals surface area contributed by atoms with Gasteiger partial charge in [0.15, 0.2) is 6.10 Å². The first-order valence-corrected chi connectivity index (χ1v) is 7.98. The average molecular weight is 344 g/mol. The molecule has 0 fully saturated rings. The predicted octanol–water partition coefficient (Wildman–Crippen LogP) is 4.26. The summed E-state index contributed by atoms with van der Waals surface area (Å²) in [5, 5.41) is 0.548. The highest BCUT2D eigenvalue weighted by molar-refractivity contribution is 6.30. The number of aryl methyl sites for hydroxylation is 1. The van der Waals surface area contributed by atoms with Crippen LogP contribution in [0.5, 0.6) is 0 Å². The maximum atomic E-state index is 12.4. The Morgan fingerprint density at radius 2 is 1.96 bits per heavy atom. The van der Waals surface area contributed by atoms with Gasteiger partial charge in [-0.15, -0.1) is 0 Å². The van der Waals surface area contributed by atoms with E-state index in [1.807, 2.05) is 13.0 Å². The fourth-order valence-corrected chi connectivity index (χ4v) is 2.24. The zero-order valence-electron chi connectivity index (χ0n) is 13.5. The van der Waals surface area contributed by atoms with Crippen molar-refractivity contribution in [1.82, 2.24) is 4.98 Å². The number of halogens is 1. The minimum absolute atomic E-state index is 0.242. The summed E-state index contributed by atoms with van der Waals surface area (Å²) in [5.74, 6) is -0.805. The van der Waals surface area contributed by atoms with E-state index in [1.165, 1.54) is 6.08 Å². The highest BCUT2D eigenvalue weighted by Crippen LogP contribution is 2.14. The van der Waals surface area contributed by atoms with Gasteiger partial charge in [0.25, 0.3) is 0 Å². The van der Waals surface area contributed by atoms with Crippen molar-refractivity contribution >= 4 is 29.4 Å². The van der Waals surface area contributed by atoms with Crippen LogP contribution in [0.1, 0.15) is 34.8 Å². The van der Waals surface area contributed by atoms with Crippen LogP contribution >= 0.6 is 11.6 Å². The summed E-state index contributed by atoms with van der Waals surface area (Å²) in [4.78, 5) is 28.4. The average Bonchev–Trinajstić information content (AvgIpc) is 2.59. The van der Waals surface area contributed by atoms with E-state index in [9.17, 15) is 9.59 Å². The van der Waals surface area contributed by atoms with Crippen molar-refractivity contribution in [2.45, 2.75) is 26.4 Å². The van der Waals surface area contributed by atoms with Crippen molar-refractivity contribution in [2.24, 2.45) is 0 Å². The zero-order valence-corrected chi connectivity index (χ0v) is 14.3. The topological polar surface area (TPSA) is 56.3 Å². The predicted molar refractivity (Wildman–Crippen MR) is 94.0 cm³/mol. The Balaban J connectivity index is 2.04. The molecule has 4 nitrogen and oxygen atoms in total. The third kappa shape index (κ3) is 4.77. The largest absolute Gasteiger partial charge is 0.451 e. The summed E-state index contributed by atoms with van der Waals surface area (Å²) in [6, 6.07) is 8.36. The molecule has 0 saturated heterocycles. The number of Topliss-reactive ketones (excluding diaryl/α,β-unsaturated/α-hetero) is 1. The fourth-order valence-electron chi connectivity index (χ4n) is 2.11. The summed E-state index contributed by atoms with van der Waals surface area (Å²) in [5.41, 5.74) is 2.29. The lowest BCUT2D eigenvalue weighted by molar-refractivity contribution is -0.141. The molecular weight excluding hydrogens is 326 g/mol. The minimum Gasteiger partial charge on any atom is -0.451 e. The smallest absolute Gasteiger partial charge is 0.331 e. The van der Waals surface area contributed by atoms with E-state index < -0.39 is 12.1 Å². The molecule has 0 saturated carbocycles. The number of esters is 1. The monoisotopic (exact) mass is 343 g/mol. The summed E-state index contributed by atoms with van der Waals surface area (Å²) < 4.78 is 5.28. The lowest BCUT2D eigenvalue weighted by atomic mass is 10.0. The van der Waals surface area contributed by atoms with Crippen LogP contribution in [0.2, 0.25) is 5.02 Å². The van der Waals surface area contributed by atoms with Gasteiger partial charge in [0.2, 0.25) is 5.78 Å². The molecule has 2 rings (SSSR count). The Bertz CT molecular complexity index is 753. The van der Waals surface area contributed by atoms with Gasteiger partial charge in [0, 0.05) is 29.1 Å². The van der Waals surface area contributed by atoms with E-state index >= 15 is 0 Å². The minimum atomic E-state index is -0.821.